The van der Waals surface area contributed by atoms with E-state index in [2.05, 4.69) is 11.8 Å². The van der Waals surface area contributed by atoms with Gasteiger partial charge in [-0.3, -0.25) is 0 Å². The van der Waals surface area contributed by atoms with Crippen LogP contribution in [-0.2, 0) is 0 Å². The zero-order chi connectivity index (χ0) is 12.0. The standard InChI is InChI=1S/2C7H10O/c2*1-2-6-4-3-5-7(6)8/h2*1,6-8H,3-5H2/t2*6-,7-/m10/s1. The Kier molecular flexibility index (Phi) is 5.39. The van der Waals surface area contributed by atoms with Gasteiger partial charge in [-0.05, 0) is 38.5 Å². The Morgan fingerprint density at radius 1 is 0.750 bits per heavy atom. The van der Waals surface area contributed by atoms with E-state index in [0.717, 1.165) is 38.5 Å². The van der Waals surface area contributed by atoms with Crippen LogP contribution in [0, 0.1) is 36.5 Å². The Bertz CT molecular complexity index is 254. The predicted molar refractivity (Wildman–Crippen MR) is 64.4 cm³/mol. The maximum atomic E-state index is 9.05. The predicted octanol–water partition coefficient (Wildman–Crippen LogP) is 1.56. The summed E-state index contributed by atoms with van der Waals surface area (Å²) in [5.41, 5.74) is 0. The number of aliphatic hydroxyl groups is 2. The Balaban J connectivity index is 0.000000160. The number of aliphatic hydroxyl groups excluding tert-OH is 2. The van der Waals surface area contributed by atoms with Crippen molar-refractivity contribution in [2.45, 2.75) is 50.7 Å². The molecule has 2 rings (SSSR count). The summed E-state index contributed by atoms with van der Waals surface area (Å²) in [5, 5.41) is 18.1. The van der Waals surface area contributed by atoms with Gasteiger partial charge in [-0.1, -0.05) is 0 Å². The SMILES string of the molecule is C#C[C@@H]1CCC[C@H]1O.C#C[C@H]1CCC[C@@H]1O. The van der Waals surface area contributed by atoms with E-state index in [0.29, 0.717) is 0 Å². The van der Waals surface area contributed by atoms with E-state index in [1.807, 2.05) is 0 Å². The minimum atomic E-state index is -0.208. The summed E-state index contributed by atoms with van der Waals surface area (Å²) in [7, 11) is 0. The molecule has 2 aliphatic carbocycles. The van der Waals surface area contributed by atoms with E-state index in [9.17, 15) is 0 Å². The number of terminal acetylenes is 2. The molecule has 16 heavy (non-hydrogen) atoms. The largest absolute Gasteiger partial charge is 0.392 e. The van der Waals surface area contributed by atoms with Crippen molar-refractivity contribution >= 4 is 0 Å². The summed E-state index contributed by atoms with van der Waals surface area (Å²) in [4.78, 5) is 0. The molecule has 2 aliphatic rings. The van der Waals surface area contributed by atoms with E-state index < -0.39 is 0 Å². The monoisotopic (exact) mass is 220 g/mol. The van der Waals surface area contributed by atoms with Crippen molar-refractivity contribution in [1.82, 2.24) is 0 Å². The summed E-state index contributed by atoms with van der Waals surface area (Å²) < 4.78 is 0. The third-order valence-corrected chi connectivity index (χ3v) is 3.39. The molecule has 2 fully saturated rings. The highest BCUT2D eigenvalue weighted by molar-refractivity contribution is 5.00. The van der Waals surface area contributed by atoms with Crippen LogP contribution in [0.4, 0.5) is 0 Å². The third kappa shape index (κ3) is 3.56. The minimum Gasteiger partial charge on any atom is -0.392 e. The van der Waals surface area contributed by atoms with Gasteiger partial charge in [-0.15, -0.1) is 24.7 Å². The summed E-state index contributed by atoms with van der Waals surface area (Å²) in [5.74, 6) is 5.42. The van der Waals surface area contributed by atoms with E-state index in [1.165, 1.54) is 0 Å². The van der Waals surface area contributed by atoms with Gasteiger partial charge in [0.15, 0.2) is 0 Å². The van der Waals surface area contributed by atoms with Gasteiger partial charge in [0.1, 0.15) is 0 Å². The molecule has 88 valence electrons. The lowest BCUT2D eigenvalue weighted by molar-refractivity contribution is 0.156. The molecule has 0 aromatic carbocycles. The molecule has 0 bridgehead atoms. The highest BCUT2D eigenvalue weighted by Crippen LogP contribution is 2.24. The van der Waals surface area contributed by atoms with Crippen LogP contribution in [0.1, 0.15) is 38.5 Å². The molecular formula is C14H20O2. The molecule has 2 N–H and O–H groups in total. The van der Waals surface area contributed by atoms with Crippen LogP contribution in [-0.4, -0.2) is 22.4 Å². The molecule has 0 spiro atoms. The fourth-order valence-electron chi connectivity index (χ4n) is 2.27. The van der Waals surface area contributed by atoms with Gasteiger partial charge < -0.3 is 10.2 Å². The van der Waals surface area contributed by atoms with Crippen LogP contribution in [0.15, 0.2) is 0 Å². The number of rotatable bonds is 0. The molecule has 0 amide bonds. The second-order valence-corrected chi connectivity index (χ2v) is 4.54. The lowest BCUT2D eigenvalue weighted by Crippen LogP contribution is -2.09. The molecule has 0 aromatic rings. The fourth-order valence-corrected chi connectivity index (χ4v) is 2.27. The first-order valence-electron chi connectivity index (χ1n) is 5.97. The first kappa shape index (κ1) is 13.1. The van der Waals surface area contributed by atoms with Gasteiger partial charge in [-0.2, -0.15) is 0 Å². The molecule has 0 unspecified atom stereocenters. The van der Waals surface area contributed by atoms with Crippen LogP contribution < -0.4 is 0 Å². The summed E-state index contributed by atoms with van der Waals surface area (Å²) in [6, 6.07) is 0. The zero-order valence-electron chi connectivity index (χ0n) is 9.60. The van der Waals surface area contributed by atoms with Crippen molar-refractivity contribution in [3.8, 4) is 24.7 Å². The van der Waals surface area contributed by atoms with Crippen molar-refractivity contribution in [3.05, 3.63) is 0 Å². The fraction of sp³-hybridized carbons (Fsp3) is 0.714. The summed E-state index contributed by atoms with van der Waals surface area (Å²) >= 11 is 0. The lowest BCUT2D eigenvalue weighted by atomic mass is 10.1. The second-order valence-electron chi connectivity index (χ2n) is 4.54. The van der Waals surface area contributed by atoms with E-state index in [1.54, 1.807) is 0 Å². The van der Waals surface area contributed by atoms with Crippen LogP contribution in [0.2, 0.25) is 0 Å². The lowest BCUT2D eigenvalue weighted by Gasteiger charge is -2.03. The van der Waals surface area contributed by atoms with Crippen LogP contribution in [0.5, 0.6) is 0 Å². The van der Waals surface area contributed by atoms with Gasteiger partial charge in [0.05, 0.1) is 12.2 Å². The average molecular weight is 220 g/mol. The van der Waals surface area contributed by atoms with Crippen molar-refractivity contribution < 1.29 is 10.2 Å². The molecule has 0 aromatic heterocycles. The van der Waals surface area contributed by atoms with Gasteiger partial charge in [0, 0.05) is 11.8 Å². The Labute approximate surface area is 98.1 Å². The van der Waals surface area contributed by atoms with Gasteiger partial charge in [0.2, 0.25) is 0 Å². The molecular weight excluding hydrogens is 200 g/mol. The summed E-state index contributed by atoms with van der Waals surface area (Å²) in [6.07, 6.45) is 15.8. The second kappa shape index (κ2) is 6.59. The smallest absolute Gasteiger partial charge is 0.0677 e. The number of hydrogen-bond donors (Lipinski definition) is 2. The molecule has 0 aliphatic heterocycles. The highest BCUT2D eigenvalue weighted by atomic mass is 16.3. The molecule has 2 nitrogen and oxygen atoms in total. The maximum Gasteiger partial charge on any atom is 0.0677 e. The maximum absolute atomic E-state index is 9.05. The quantitative estimate of drug-likeness (QED) is 0.608. The molecule has 4 atom stereocenters. The molecule has 0 heterocycles. The Hall–Kier alpha value is -0.960. The molecule has 0 saturated heterocycles. The van der Waals surface area contributed by atoms with E-state index in [4.69, 9.17) is 23.1 Å². The van der Waals surface area contributed by atoms with Crippen molar-refractivity contribution in [1.29, 1.82) is 0 Å². The zero-order valence-corrected chi connectivity index (χ0v) is 9.60. The normalized spacial score (nSPS) is 37.0. The Morgan fingerprint density at radius 3 is 1.25 bits per heavy atom. The Morgan fingerprint density at radius 2 is 1.12 bits per heavy atom. The topological polar surface area (TPSA) is 40.5 Å². The van der Waals surface area contributed by atoms with Crippen molar-refractivity contribution in [2.24, 2.45) is 11.8 Å². The van der Waals surface area contributed by atoms with E-state index >= 15 is 0 Å². The van der Waals surface area contributed by atoms with Gasteiger partial charge in [0.25, 0.3) is 0 Å². The summed E-state index contributed by atoms with van der Waals surface area (Å²) in [6.45, 7) is 0. The van der Waals surface area contributed by atoms with Crippen LogP contribution in [0.25, 0.3) is 0 Å². The van der Waals surface area contributed by atoms with Gasteiger partial charge >= 0.3 is 0 Å². The van der Waals surface area contributed by atoms with E-state index in [-0.39, 0.29) is 24.0 Å². The van der Waals surface area contributed by atoms with Crippen molar-refractivity contribution in [2.75, 3.05) is 0 Å². The highest BCUT2D eigenvalue weighted by Gasteiger charge is 2.22. The number of hydrogen-bond acceptors (Lipinski definition) is 2. The van der Waals surface area contributed by atoms with Crippen LogP contribution >= 0.6 is 0 Å². The molecule has 2 heteroatoms. The van der Waals surface area contributed by atoms with Crippen LogP contribution in [0.3, 0.4) is 0 Å². The third-order valence-electron chi connectivity index (χ3n) is 3.39. The average Bonchev–Trinajstić information content (AvgIpc) is 2.87. The molecule has 2 saturated carbocycles. The van der Waals surface area contributed by atoms with Crippen molar-refractivity contribution in [3.63, 3.8) is 0 Å². The molecule has 0 radical (unpaired) electrons. The first-order chi connectivity index (χ1) is 7.69. The minimum absolute atomic E-state index is 0.148. The first-order valence-corrected chi connectivity index (χ1v) is 5.97. The van der Waals surface area contributed by atoms with Gasteiger partial charge in [-0.25, -0.2) is 0 Å².